The summed E-state index contributed by atoms with van der Waals surface area (Å²) in [7, 11) is 0. The largest absolute Gasteiger partial charge is 0.347 e. The number of aromatic nitrogens is 1. The minimum absolute atomic E-state index is 0.0259. The Morgan fingerprint density at radius 1 is 1.25 bits per heavy atom. The number of hydrogen-bond donors (Lipinski definition) is 1. The Morgan fingerprint density at radius 3 is 2.83 bits per heavy atom. The molecule has 2 aromatic heterocycles. The minimum Gasteiger partial charge on any atom is -0.347 e. The molecule has 0 spiro atoms. The maximum absolute atomic E-state index is 12.7. The summed E-state index contributed by atoms with van der Waals surface area (Å²) in [5.74, 6) is -0.0259. The van der Waals surface area contributed by atoms with Crippen LogP contribution in [0.1, 0.15) is 33.4 Å². The molecule has 1 aromatic carbocycles. The Balaban J connectivity index is 1.84. The molecule has 124 valence electrons. The van der Waals surface area contributed by atoms with E-state index in [0.29, 0.717) is 13.1 Å². The fraction of sp³-hybridized carbons (Fsp3) is 0.250. The van der Waals surface area contributed by atoms with Gasteiger partial charge in [-0.1, -0.05) is 42.0 Å². The molecule has 0 fully saturated rings. The zero-order valence-corrected chi connectivity index (χ0v) is 15.1. The van der Waals surface area contributed by atoms with Crippen molar-refractivity contribution in [3.05, 3.63) is 70.2 Å². The number of nitrogens with one attached hydrogen (secondary N) is 1. The number of amides is 1. The molecule has 1 N–H and O–H groups in total. The first-order valence-electron chi connectivity index (χ1n) is 8.13. The monoisotopic (exact) mass is 338 g/mol. The zero-order chi connectivity index (χ0) is 17.1. The van der Waals surface area contributed by atoms with E-state index < -0.39 is 0 Å². The maximum atomic E-state index is 12.7. The van der Waals surface area contributed by atoms with Gasteiger partial charge in [-0.25, -0.2) is 0 Å². The summed E-state index contributed by atoms with van der Waals surface area (Å²) in [5.41, 5.74) is 4.18. The van der Waals surface area contributed by atoms with Crippen LogP contribution in [0.5, 0.6) is 0 Å². The summed E-state index contributed by atoms with van der Waals surface area (Å²) >= 11 is 1.73. The van der Waals surface area contributed by atoms with Gasteiger partial charge in [-0.2, -0.15) is 0 Å². The number of benzene rings is 1. The van der Waals surface area contributed by atoms with Crippen LogP contribution in [0.2, 0.25) is 0 Å². The molecule has 24 heavy (non-hydrogen) atoms. The standard InChI is InChI=1S/C20H22N2OS/c1-4-5-9-22-17-11-15(3)24-19(17)12-18(22)20(23)21-13-16-8-6-7-14(2)10-16/h4-8,10-12H,9,13H2,1-3H3,(H,21,23)/b5-4+. The summed E-state index contributed by atoms with van der Waals surface area (Å²) < 4.78 is 3.25. The number of nitrogens with zero attached hydrogens (tertiary/aromatic N) is 1. The molecular formula is C20H22N2OS. The van der Waals surface area contributed by atoms with Gasteiger partial charge in [0.1, 0.15) is 5.69 Å². The molecule has 3 aromatic rings. The van der Waals surface area contributed by atoms with Crippen molar-refractivity contribution in [2.75, 3.05) is 0 Å². The van der Waals surface area contributed by atoms with Crippen molar-refractivity contribution in [2.45, 2.75) is 33.9 Å². The van der Waals surface area contributed by atoms with Crippen LogP contribution in [0.4, 0.5) is 0 Å². The van der Waals surface area contributed by atoms with Crippen LogP contribution in [0.3, 0.4) is 0 Å². The van der Waals surface area contributed by atoms with Crippen molar-refractivity contribution in [1.29, 1.82) is 0 Å². The van der Waals surface area contributed by atoms with Gasteiger partial charge in [-0.05, 0) is 38.5 Å². The molecule has 1 amide bonds. The first-order valence-corrected chi connectivity index (χ1v) is 8.94. The average Bonchev–Trinajstić information content (AvgIpc) is 3.07. The smallest absolute Gasteiger partial charge is 0.268 e. The van der Waals surface area contributed by atoms with E-state index >= 15 is 0 Å². The second-order valence-electron chi connectivity index (χ2n) is 5.99. The van der Waals surface area contributed by atoms with Gasteiger partial charge in [0.2, 0.25) is 0 Å². The zero-order valence-electron chi connectivity index (χ0n) is 14.3. The predicted octanol–water partition coefficient (Wildman–Crippen LogP) is 4.83. The Hall–Kier alpha value is -2.33. The Morgan fingerprint density at radius 2 is 2.08 bits per heavy atom. The van der Waals surface area contributed by atoms with Crippen molar-refractivity contribution in [2.24, 2.45) is 0 Å². The summed E-state index contributed by atoms with van der Waals surface area (Å²) in [4.78, 5) is 14.0. The van der Waals surface area contributed by atoms with Gasteiger partial charge in [0.05, 0.1) is 10.2 Å². The molecule has 0 saturated carbocycles. The van der Waals surface area contributed by atoms with Crippen LogP contribution >= 0.6 is 11.3 Å². The molecule has 0 bridgehead atoms. The highest BCUT2D eigenvalue weighted by Crippen LogP contribution is 2.28. The molecule has 3 nitrogen and oxygen atoms in total. The van der Waals surface area contributed by atoms with Crippen LogP contribution < -0.4 is 5.32 Å². The van der Waals surface area contributed by atoms with Gasteiger partial charge < -0.3 is 9.88 Å². The second kappa shape index (κ2) is 7.05. The number of rotatable bonds is 5. The molecule has 0 aliphatic heterocycles. The quantitative estimate of drug-likeness (QED) is 0.665. The molecule has 3 rings (SSSR count). The van der Waals surface area contributed by atoms with Crippen molar-refractivity contribution >= 4 is 27.5 Å². The number of fused-ring (bicyclic) bond motifs is 1. The number of aryl methyl sites for hydroxylation is 2. The van der Waals surface area contributed by atoms with Crippen molar-refractivity contribution in [1.82, 2.24) is 9.88 Å². The lowest BCUT2D eigenvalue weighted by Gasteiger charge is -2.09. The van der Waals surface area contributed by atoms with Crippen LogP contribution in [0.15, 0.2) is 48.6 Å². The molecular weight excluding hydrogens is 316 g/mol. The Kier molecular flexibility index (Phi) is 4.86. The number of thiophene rings is 1. The Labute approximate surface area is 146 Å². The molecule has 0 aliphatic rings. The Bertz CT molecular complexity index is 902. The molecule has 0 atom stereocenters. The van der Waals surface area contributed by atoms with Gasteiger partial charge in [0.25, 0.3) is 5.91 Å². The topological polar surface area (TPSA) is 34.0 Å². The van der Waals surface area contributed by atoms with Crippen LogP contribution in [-0.2, 0) is 13.1 Å². The number of carbonyl (C=O) groups excluding carboxylic acids is 1. The van der Waals surface area contributed by atoms with Gasteiger partial charge >= 0.3 is 0 Å². The maximum Gasteiger partial charge on any atom is 0.268 e. The normalized spacial score (nSPS) is 11.5. The predicted molar refractivity (Wildman–Crippen MR) is 102 cm³/mol. The fourth-order valence-electron chi connectivity index (χ4n) is 2.86. The second-order valence-corrected chi connectivity index (χ2v) is 7.28. The van der Waals surface area contributed by atoms with E-state index in [1.165, 1.54) is 10.4 Å². The molecule has 0 radical (unpaired) electrons. The minimum atomic E-state index is -0.0259. The third kappa shape index (κ3) is 3.44. The van der Waals surface area contributed by atoms with E-state index in [9.17, 15) is 4.79 Å². The summed E-state index contributed by atoms with van der Waals surface area (Å²) in [5, 5.41) is 3.05. The third-order valence-electron chi connectivity index (χ3n) is 4.00. The summed E-state index contributed by atoms with van der Waals surface area (Å²) in [6.45, 7) is 7.41. The van der Waals surface area contributed by atoms with Crippen molar-refractivity contribution in [3.8, 4) is 0 Å². The lowest BCUT2D eigenvalue weighted by Crippen LogP contribution is -2.25. The molecule has 4 heteroatoms. The van der Waals surface area contributed by atoms with E-state index in [4.69, 9.17) is 0 Å². The van der Waals surface area contributed by atoms with Gasteiger partial charge in [0.15, 0.2) is 0 Å². The lowest BCUT2D eigenvalue weighted by atomic mass is 10.1. The number of carbonyl (C=O) groups is 1. The first kappa shape index (κ1) is 16.5. The summed E-state index contributed by atoms with van der Waals surface area (Å²) in [6.07, 6.45) is 4.09. The van der Waals surface area contributed by atoms with Crippen LogP contribution in [-0.4, -0.2) is 10.5 Å². The molecule has 0 unspecified atom stereocenters. The molecule has 2 heterocycles. The fourth-order valence-corrected chi connectivity index (χ4v) is 3.82. The average molecular weight is 338 g/mol. The molecule has 0 saturated heterocycles. The first-order chi connectivity index (χ1) is 11.6. The van der Waals surface area contributed by atoms with Gasteiger partial charge in [-0.3, -0.25) is 4.79 Å². The van der Waals surface area contributed by atoms with Gasteiger partial charge in [0, 0.05) is 18.0 Å². The summed E-state index contributed by atoms with van der Waals surface area (Å²) in [6, 6.07) is 12.4. The van der Waals surface area contributed by atoms with E-state index in [1.807, 2.05) is 31.2 Å². The number of hydrogen-bond acceptors (Lipinski definition) is 2. The highest BCUT2D eigenvalue weighted by molar-refractivity contribution is 7.19. The van der Waals surface area contributed by atoms with E-state index in [2.05, 4.69) is 48.0 Å². The van der Waals surface area contributed by atoms with Gasteiger partial charge in [-0.15, -0.1) is 11.3 Å². The van der Waals surface area contributed by atoms with Crippen LogP contribution in [0.25, 0.3) is 10.2 Å². The lowest BCUT2D eigenvalue weighted by molar-refractivity contribution is 0.0942. The van der Waals surface area contributed by atoms with E-state index in [1.54, 1.807) is 11.3 Å². The SMILES string of the molecule is C/C=C/Cn1c(C(=O)NCc2cccc(C)c2)cc2sc(C)cc21. The van der Waals surface area contributed by atoms with Crippen LogP contribution in [0, 0.1) is 13.8 Å². The highest BCUT2D eigenvalue weighted by atomic mass is 32.1. The van der Waals surface area contributed by atoms with E-state index in [0.717, 1.165) is 21.5 Å². The highest BCUT2D eigenvalue weighted by Gasteiger charge is 2.16. The van der Waals surface area contributed by atoms with E-state index in [-0.39, 0.29) is 5.91 Å². The van der Waals surface area contributed by atoms with Crippen molar-refractivity contribution in [3.63, 3.8) is 0 Å². The third-order valence-corrected chi connectivity index (χ3v) is 4.99. The number of allylic oxidation sites excluding steroid dienone is 2. The van der Waals surface area contributed by atoms with Crippen molar-refractivity contribution < 1.29 is 4.79 Å². The molecule has 0 aliphatic carbocycles.